The molecule has 0 aromatic carbocycles. The van der Waals surface area contributed by atoms with Crippen LogP contribution >= 0.6 is 0 Å². The Morgan fingerprint density at radius 1 is 0.512 bits per heavy atom. The van der Waals surface area contributed by atoms with Crippen LogP contribution in [0.25, 0.3) is 44.7 Å². The lowest BCUT2D eigenvalue weighted by Gasteiger charge is -2.25. The van der Waals surface area contributed by atoms with E-state index in [9.17, 15) is 66.2 Å². The average molecular weight is 1170 g/mol. The number of nitriles is 3. The first-order valence-corrected chi connectivity index (χ1v) is 25.6. The zero-order chi connectivity index (χ0) is 61.0. The fourth-order valence-electron chi connectivity index (χ4n) is 10.5. The molecule has 4 aliphatic heterocycles. The number of anilines is 3. The van der Waals surface area contributed by atoms with Crippen molar-refractivity contribution in [1.29, 1.82) is 15.8 Å². The lowest BCUT2D eigenvalue weighted by Crippen LogP contribution is -2.43. The van der Waals surface area contributed by atoms with Crippen molar-refractivity contribution in [3.8, 4) is 18.2 Å². The molecule has 16 atom stereocenters. The maximum absolute atomic E-state index is 11.8. The quantitative estimate of drug-likeness (QED) is 0.0695. The van der Waals surface area contributed by atoms with Gasteiger partial charge in [0.2, 0.25) is 22.8 Å². The molecule has 8 aromatic rings. The number of aliphatic hydroxyl groups is 8. The molecule has 0 amide bonds. The Morgan fingerprint density at radius 3 is 1.24 bits per heavy atom. The smallest absolute Gasteiger partial charge is 0.280 e. The Bertz CT molecular complexity index is 3980. The van der Waals surface area contributed by atoms with E-state index in [1.807, 2.05) is 19.1 Å². The lowest BCUT2D eigenvalue weighted by molar-refractivity contribution is -0.115. The highest BCUT2D eigenvalue weighted by atomic mass is 16.6. The number of nitrogens with one attached hydrogen (secondary N) is 2. The third kappa shape index (κ3) is 9.71. The molecule has 4 saturated heterocycles. The molecule has 8 aromatic heterocycles. The van der Waals surface area contributed by atoms with Crippen LogP contribution in [0.15, 0.2) is 53.9 Å². The van der Waals surface area contributed by atoms with Gasteiger partial charge >= 0.3 is 0 Å². The Labute approximate surface area is 471 Å². The van der Waals surface area contributed by atoms with E-state index in [1.54, 1.807) is 49.2 Å². The first kappa shape index (κ1) is 59.8. The highest BCUT2D eigenvalue weighted by Crippen LogP contribution is 2.45. The van der Waals surface area contributed by atoms with Crippen LogP contribution < -0.4 is 28.3 Å². The molecule has 0 saturated carbocycles. The maximum atomic E-state index is 11.8. The normalized spacial score (nSPS) is 32.5. The van der Waals surface area contributed by atoms with E-state index in [0.717, 1.165) is 0 Å². The summed E-state index contributed by atoms with van der Waals surface area (Å²) in [6.07, 6.45) is 2.59. The average Bonchev–Trinajstić information content (AvgIpc) is 2.04. The summed E-state index contributed by atoms with van der Waals surface area (Å²) in [5.74, 6) is -1.24. The van der Waals surface area contributed by atoms with Crippen LogP contribution in [0.1, 0.15) is 59.5 Å². The van der Waals surface area contributed by atoms with Gasteiger partial charge < -0.3 is 82.0 Å². The number of hydrogen-bond acceptors (Lipinski definition) is 30. The first-order chi connectivity index (χ1) is 40.0. The van der Waals surface area contributed by atoms with Crippen LogP contribution in [0.2, 0.25) is 0 Å². The van der Waals surface area contributed by atoms with Crippen molar-refractivity contribution >= 4 is 62.2 Å². The summed E-state index contributed by atoms with van der Waals surface area (Å²) >= 11 is 0. The highest BCUT2D eigenvalue weighted by molar-refractivity contribution is 5.82. The van der Waals surface area contributed by atoms with Crippen LogP contribution in [0.5, 0.6) is 0 Å². The number of fused-ring (bicyclic) bond motifs is 4. The Hall–Kier alpha value is -8.81. The largest absolute Gasteiger partial charge is 0.393 e. The van der Waals surface area contributed by atoms with Crippen molar-refractivity contribution in [3.05, 3.63) is 65.0 Å². The van der Waals surface area contributed by atoms with Crippen molar-refractivity contribution in [1.82, 2.24) is 78.1 Å². The van der Waals surface area contributed by atoms with Gasteiger partial charge in [0.05, 0.1) is 64.2 Å². The number of ether oxygens (including phenoxy) is 4. The minimum Gasteiger partial charge on any atom is -0.393 e. The summed E-state index contributed by atoms with van der Waals surface area (Å²) in [5, 5.41) is 106. The van der Waals surface area contributed by atoms with Gasteiger partial charge in [-0.2, -0.15) is 20.8 Å². The number of aliphatic hydroxyl groups excluding tert-OH is 8. The fraction of sp³-hybridized carbons (Fsp3) is 0.521. The van der Waals surface area contributed by atoms with Crippen LogP contribution in [-0.2, 0) is 18.9 Å². The number of H-pyrrole nitrogens is 2. The van der Waals surface area contributed by atoms with E-state index in [0.29, 0.717) is 28.1 Å². The SMILES string of the molecule is C[C@@H]1[C@H](n2cnc3c(=O)[nH]c(N)nc32)O[C@](C#N)(CO)[C@H]1O.C[C@@H]1[C@H](n2cnc3c(=O)[nH]cnc32)O[C@](C#N)(CO)[C@H]1O.C[C@@H]1[C@H](n2cnc3c(N)ncnc32)O[C@](C#N)(CO)[C@H]1O.C[C@@H]1[C@H](n2cnc3c(N)ncnc32)O[C@](C)(CO)[C@H]1O. The molecule has 36 heteroatoms. The zero-order valence-corrected chi connectivity index (χ0v) is 45.2. The molecule has 16 N–H and O–H groups in total. The van der Waals surface area contributed by atoms with Gasteiger partial charge in [-0.25, -0.2) is 44.9 Å². The molecule has 4 fully saturated rings. The summed E-state index contributed by atoms with van der Waals surface area (Å²) in [7, 11) is 0. The molecule has 444 valence electrons. The molecule has 0 aliphatic carbocycles. The number of imidazole rings is 4. The third-order valence-electron chi connectivity index (χ3n) is 15.5. The Morgan fingerprint density at radius 2 is 0.869 bits per heavy atom. The van der Waals surface area contributed by atoms with E-state index >= 15 is 0 Å². The van der Waals surface area contributed by atoms with Gasteiger partial charge in [0.25, 0.3) is 11.1 Å². The molecule has 12 heterocycles. The molecule has 84 heavy (non-hydrogen) atoms. The summed E-state index contributed by atoms with van der Waals surface area (Å²) in [6, 6.07) is 5.46. The number of aromatic amines is 2. The minimum absolute atomic E-state index is 0.0675. The Kier molecular flexibility index (Phi) is 16.2. The molecule has 0 spiro atoms. The monoisotopic (exact) mass is 1170 g/mol. The second-order valence-corrected chi connectivity index (χ2v) is 20.7. The predicted molar refractivity (Wildman–Crippen MR) is 283 cm³/mol. The molecule has 4 aliphatic rings. The second-order valence-electron chi connectivity index (χ2n) is 20.7. The van der Waals surface area contributed by atoms with Crippen molar-refractivity contribution < 1.29 is 59.8 Å². The number of hydrogen-bond donors (Lipinski definition) is 13. The van der Waals surface area contributed by atoms with E-state index < -0.39 is 120 Å². The number of nitrogen functional groups attached to an aromatic ring is 3. The van der Waals surface area contributed by atoms with E-state index in [2.05, 4.69) is 59.8 Å². The number of rotatable bonds is 8. The van der Waals surface area contributed by atoms with E-state index in [-0.39, 0.29) is 46.6 Å². The van der Waals surface area contributed by atoms with Crippen LogP contribution in [0.4, 0.5) is 17.6 Å². The van der Waals surface area contributed by atoms with E-state index in [1.165, 1.54) is 47.1 Å². The topological polar surface area (TPSA) is 563 Å². The molecule has 0 unspecified atom stereocenters. The number of aromatic nitrogens is 16. The first-order valence-electron chi connectivity index (χ1n) is 25.6. The predicted octanol–water partition coefficient (Wildman–Crippen LogP) is -3.74. The summed E-state index contributed by atoms with van der Waals surface area (Å²) in [4.78, 5) is 68.5. The van der Waals surface area contributed by atoms with Crippen molar-refractivity contribution in [3.63, 3.8) is 0 Å². The third-order valence-corrected chi connectivity index (χ3v) is 15.5. The molecular formula is C48H58N22O14. The summed E-state index contributed by atoms with van der Waals surface area (Å²) < 4.78 is 28.8. The fourth-order valence-corrected chi connectivity index (χ4v) is 10.5. The molecule has 0 radical (unpaired) electrons. The molecule has 36 nitrogen and oxygen atoms in total. The maximum Gasteiger partial charge on any atom is 0.280 e. The summed E-state index contributed by atoms with van der Waals surface area (Å²) in [5.41, 5.74) is 12.6. The van der Waals surface area contributed by atoms with Gasteiger partial charge in [0.1, 0.15) is 90.7 Å². The summed E-state index contributed by atoms with van der Waals surface area (Å²) in [6.45, 7) is 6.44. The number of nitrogens with zero attached hydrogens (tertiary/aromatic N) is 17. The lowest BCUT2D eigenvalue weighted by atomic mass is 9.92. The van der Waals surface area contributed by atoms with Gasteiger partial charge in [-0.15, -0.1) is 0 Å². The zero-order valence-electron chi connectivity index (χ0n) is 45.2. The van der Waals surface area contributed by atoms with Crippen LogP contribution in [-0.4, -0.2) is 192 Å². The van der Waals surface area contributed by atoms with Crippen LogP contribution in [0, 0.1) is 57.7 Å². The van der Waals surface area contributed by atoms with Gasteiger partial charge in [0, 0.05) is 23.7 Å². The second kappa shape index (κ2) is 22.7. The standard InChI is InChI=1S/C12H14N6O4.C12H14N6O3.C12H13N5O4.C12H17N5O3/c1-5-7(20)12(2-13,3-19)22-10(5)18-4-15-6-8(18)16-11(14)17-9(6)21;1-6-8(20)12(2-13,3-19)21-11(6)18-5-17-7-9(14)15-4-16-10(7)18;1-6-8(19)12(2-13,3-18)21-11(6)17-5-16-7-9(17)14-4-15-10(7)20;1-6-8(19)12(2,3-18)20-11(6)17-5-16-7-9(13)14-4-15-10(7)17/h4-5,7,10,19-20H,3H2,1H3,(H3,14,16,17,21);4-6,8,11,19-20H,3H2,1H3,(H2,14,15,16);4-6,8,11,18-19H,3H2,1H3,(H,14,15,20);4-6,8,11,18-19H,3H2,1-2H3,(H2,13,14,15)/t5-,7-,10+,12+;3*6-,8-,11+,12+/m0000/s1. The molecule has 12 rings (SSSR count). The van der Waals surface area contributed by atoms with Crippen molar-refractivity contribution in [2.24, 2.45) is 23.7 Å². The van der Waals surface area contributed by atoms with E-state index in [4.69, 9.17) is 36.1 Å². The van der Waals surface area contributed by atoms with Crippen molar-refractivity contribution in [2.45, 2.75) is 106 Å². The van der Waals surface area contributed by atoms with Crippen LogP contribution in [0.3, 0.4) is 0 Å². The molecule has 0 bridgehead atoms. The molecular weight excluding hydrogens is 1110 g/mol. The minimum atomic E-state index is -1.73. The van der Waals surface area contributed by atoms with Gasteiger partial charge in [-0.1, -0.05) is 27.7 Å². The van der Waals surface area contributed by atoms with Gasteiger partial charge in [-0.3, -0.25) is 32.8 Å². The highest BCUT2D eigenvalue weighted by Gasteiger charge is 2.57. The Balaban J connectivity index is 0.000000134. The van der Waals surface area contributed by atoms with Gasteiger partial charge in [-0.05, 0) is 6.92 Å². The number of nitrogens with two attached hydrogens (primary N) is 3. The van der Waals surface area contributed by atoms with Gasteiger partial charge in [0.15, 0.2) is 45.3 Å². The van der Waals surface area contributed by atoms with Crippen molar-refractivity contribution in [2.75, 3.05) is 43.6 Å².